The van der Waals surface area contributed by atoms with Crippen molar-refractivity contribution in [2.45, 2.75) is 32.6 Å². The second kappa shape index (κ2) is 27.5. The molecule has 1 atom stereocenters. The fourth-order valence-electron chi connectivity index (χ4n) is 7.80. The van der Waals surface area contributed by atoms with E-state index in [-0.39, 0.29) is 72.4 Å². The Hall–Kier alpha value is -9.42. The van der Waals surface area contributed by atoms with Gasteiger partial charge in [-0.3, -0.25) is 13.7 Å². The number of phenolic OH excluding ortho intramolecular Hbond substituents is 1. The van der Waals surface area contributed by atoms with Gasteiger partial charge in [-0.05, 0) is 48.9 Å². The van der Waals surface area contributed by atoms with Crippen LogP contribution in [-0.4, -0.2) is 166 Å². The smallest absolute Gasteiger partial charge is 0.358 e. The van der Waals surface area contributed by atoms with Crippen molar-refractivity contribution in [1.29, 1.82) is 0 Å². The highest BCUT2D eigenvalue weighted by atomic mass is 32.2. The number of aryl methyl sites for hydroxylation is 1. The van der Waals surface area contributed by atoms with Gasteiger partial charge in [0.15, 0.2) is 22.1 Å². The maximum Gasteiger partial charge on any atom is 0.358 e. The van der Waals surface area contributed by atoms with Crippen LogP contribution >= 0.6 is 0 Å². The molecule has 0 fully saturated rings. The summed E-state index contributed by atoms with van der Waals surface area (Å²) in [7, 11) is -15.7. The van der Waals surface area contributed by atoms with Crippen LogP contribution in [0.15, 0.2) is 133 Å². The number of fused-ring (bicyclic) bond motifs is 1. The first kappa shape index (κ1) is 66.1. The summed E-state index contributed by atoms with van der Waals surface area (Å²) in [5, 5.41) is 106. The number of carbonyl (C=O) groups is 1. The number of phenols is 1. The average Bonchev–Trinajstić information content (AvgIpc) is 1.18. The Morgan fingerprint density at radius 3 is 1.59 bits per heavy atom. The van der Waals surface area contributed by atoms with Crippen molar-refractivity contribution in [3.05, 3.63) is 84.1 Å². The van der Waals surface area contributed by atoms with Crippen molar-refractivity contribution in [1.82, 2.24) is 9.78 Å². The zero-order chi connectivity index (χ0) is 64.6. The third-order valence-corrected chi connectivity index (χ3v) is 15.4. The van der Waals surface area contributed by atoms with Crippen molar-refractivity contribution in [3.8, 4) is 51.8 Å². The number of carboxylic acids is 1. The van der Waals surface area contributed by atoms with E-state index in [4.69, 9.17) is 28.4 Å². The van der Waals surface area contributed by atoms with Gasteiger partial charge >= 0.3 is 5.97 Å². The van der Waals surface area contributed by atoms with Crippen LogP contribution in [0.4, 0.5) is 45.5 Å². The van der Waals surface area contributed by atoms with Gasteiger partial charge in [0, 0.05) is 47.2 Å². The molecule has 1 aromatic heterocycles. The van der Waals surface area contributed by atoms with Gasteiger partial charge in [-0.15, -0.1) is 40.9 Å². The van der Waals surface area contributed by atoms with Crippen molar-refractivity contribution in [2.75, 3.05) is 61.0 Å². The Morgan fingerprint density at radius 1 is 0.591 bits per heavy atom. The largest absolute Gasteiger partial charge is 0.505 e. The van der Waals surface area contributed by atoms with E-state index in [0.29, 0.717) is 6.07 Å². The highest BCUT2D eigenvalue weighted by Gasteiger charge is 2.32. The Kier molecular flexibility index (Phi) is 20.7. The highest BCUT2D eigenvalue weighted by Crippen LogP contribution is 2.49. The number of ether oxygens (including phenoxy) is 6. The molecule has 0 saturated heterocycles. The SMILES string of the molecule is COc1ccc(/N=N/c2cc(OCCO)c(/N=N/c3c(C(=O)O)nn(-c4ccc5c(O)c(/N=N/c6cc(OCC(O)CO)c(/N=N/c7cc(C)c([SH](=O)=O)cc7OC)cc6OC)c(S(=O)(=O)O)cc5c4S(=O)(=O)O)c3O)cc2OCCO)c(S(=O)(=O)O)c1. The molecule has 39 heteroatoms. The first-order valence-corrected chi connectivity index (χ1v) is 29.9. The Bertz CT molecular complexity index is 4430. The molecule has 0 radical (unpaired) electrons. The van der Waals surface area contributed by atoms with Crippen LogP contribution < -0.4 is 28.4 Å². The first-order valence-electron chi connectivity index (χ1n) is 24.4. The quantitative estimate of drug-likeness (QED) is 0.0152. The molecular weight excluding hydrogens is 1260 g/mol. The van der Waals surface area contributed by atoms with Crippen LogP contribution in [0.3, 0.4) is 0 Å². The molecule has 0 bridgehead atoms. The van der Waals surface area contributed by atoms with Gasteiger partial charge in [0.2, 0.25) is 11.6 Å². The third-order valence-electron chi connectivity index (χ3n) is 11.8. The molecule has 6 aromatic carbocycles. The predicted octanol–water partition coefficient (Wildman–Crippen LogP) is 6.32. The zero-order valence-electron chi connectivity index (χ0n) is 45.5. The topological polar surface area (TPSA) is 528 Å². The molecule has 88 heavy (non-hydrogen) atoms. The second-order valence-electron chi connectivity index (χ2n) is 17.5. The van der Waals surface area contributed by atoms with Gasteiger partial charge < -0.3 is 64.2 Å². The van der Waals surface area contributed by atoms with E-state index in [1.54, 1.807) is 0 Å². The summed E-state index contributed by atoms with van der Waals surface area (Å²) >= 11 is 0. The fourth-order valence-corrected chi connectivity index (χ4v) is 10.5. The molecular formula is C49H48N10O25S4. The minimum atomic E-state index is -5.74. The summed E-state index contributed by atoms with van der Waals surface area (Å²) in [6, 6.07) is 12.3. The van der Waals surface area contributed by atoms with Crippen LogP contribution in [0.1, 0.15) is 16.1 Å². The Balaban J connectivity index is 1.35. The number of hydrogen-bond acceptors (Lipinski definition) is 30. The normalized spacial score (nSPS) is 12.7. The van der Waals surface area contributed by atoms with E-state index in [1.807, 2.05) is 0 Å². The lowest BCUT2D eigenvalue weighted by molar-refractivity contribution is 0.0538. The van der Waals surface area contributed by atoms with Gasteiger partial charge in [-0.2, -0.15) is 35.0 Å². The van der Waals surface area contributed by atoms with E-state index in [0.717, 1.165) is 55.6 Å². The van der Waals surface area contributed by atoms with Crippen molar-refractivity contribution < 1.29 is 116 Å². The van der Waals surface area contributed by atoms with E-state index in [2.05, 4.69) is 46.0 Å². The van der Waals surface area contributed by atoms with Crippen LogP contribution in [0.5, 0.6) is 46.1 Å². The number of rotatable bonds is 27. The van der Waals surface area contributed by atoms with Crippen LogP contribution in [0.2, 0.25) is 0 Å². The number of aromatic carboxylic acids is 1. The number of azo groups is 4. The molecule has 0 saturated carbocycles. The fraction of sp³-hybridized carbons (Fsp3) is 0.224. The number of hydrogen-bond donors (Lipinski definition) is 11. The van der Waals surface area contributed by atoms with Gasteiger partial charge in [0.05, 0.1) is 51.7 Å². The summed E-state index contributed by atoms with van der Waals surface area (Å²) < 4.78 is 165. The summed E-state index contributed by atoms with van der Waals surface area (Å²) in [4.78, 5) is 9.16. The van der Waals surface area contributed by atoms with Gasteiger partial charge in [-0.1, -0.05) is 0 Å². The maximum atomic E-state index is 13.4. The summed E-state index contributed by atoms with van der Waals surface area (Å²) in [5.41, 5.74) is -5.50. The molecule has 7 aromatic rings. The van der Waals surface area contributed by atoms with Crippen molar-refractivity contribution in [3.63, 3.8) is 0 Å². The molecule has 0 aliphatic carbocycles. The number of carboxylic acid groups (broad SMARTS) is 1. The number of methoxy groups -OCH3 is 3. The minimum Gasteiger partial charge on any atom is -0.505 e. The van der Waals surface area contributed by atoms with E-state index >= 15 is 0 Å². The molecule has 35 nitrogen and oxygen atoms in total. The van der Waals surface area contributed by atoms with Crippen molar-refractivity contribution in [2.24, 2.45) is 40.9 Å². The number of aliphatic hydroxyl groups is 4. The molecule has 0 aliphatic heterocycles. The van der Waals surface area contributed by atoms with Crippen LogP contribution in [-0.2, 0) is 41.1 Å². The van der Waals surface area contributed by atoms with Crippen LogP contribution in [0, 0.1) is 6.92 Å². The lowest BCUT2D eigenvalue weighted by Gasteiger charge is -2.15. The molecule has 1 heterocycles. The number of aromatic hydroxyl groups is 2. The van der Waals surface area contributed by atoms with Crippen LogP contribution in [0.25, 0.3) is 16.5 Å². The number of aromatic nitrogens is 2. The number of aliphatic hydroxyl groups excluding tert-OH is 4. The van der Waals surface area contributed by atoms with Gasteiger partial charge in [0.1, 0.15) is 115 Å². The minimum absolute atomic E-state index is 0.00734. The van der Waals surface area contributed by atoms with Crippen molar-refractivity contribution >= 4 is 103 Å². The van der Waals surface area contributed by atoms with E-state index in [9.17, 15) is 87.9 Å². The summed E-state index contributed by atoms with van der Waals surface area (Å²) in [6.07, 6.45) is -1.46. The lowest BCUT2D eigenvalue weighted by Crippen LogP contribution is -2.21. The average molecular weight is 1310 g/mol. The highest BCUT2D eigenvalue weighted by molar-refractivity contribution is 7.86. The summed E-state index contributed by atoms with van der Waals surface area (Å²) in [5.74, 6) is -5.62. The molecule has 0 spiro atoms. The van der Waals surface area contributed by atoms with Gasteiger partial charge in [0.25, 0.3) is 30.4 Å². The third kappa shape index (κ3) is 14.9. The molecule has 1 unspecified atom stereocenters. The predicted molar refractivity (Wildman–Crippen MR) is 300 cm³/mol. The maximum absolute atomic E-state index is 13.4. The number of nitrogens with zero attached hydrogens (tertiary/aromatic N) is 10. The number of benzene rings is 6. The molecule has 10 N–H and O–H groups in total. The Labute approximate surface area is 497 Å². The molecule has 0 aliphatic rings. The second-order valence-corrected chi connectivity index (χ2v) is 22.7. The zero-order valence-corrected chi connectivity index (χ0v) is 48.8. The first-order chi connectivity index (χ1) is 41.6. The molecule has 0 amide bonds. The Morgan fingerprint density at radius 2 is 1.09 bits per heavy atom. The van der Waals surface area contributed by atoms with Gasteiger partial charge in [-0.25, -0.2) is 13.2 Å². The molecule has 7 rings (SSSR count). The monoisotopic (exact) mass is 1300 g/mol. The standard InChI is InChI=1S/C49H48N10O25S4/c1-23-13-29(36(81-4)20-40(23)85(68)69)51-53-31-16-35(80-3)30(17-39(31)84-22-24(63)21-62)54-56-43-42(87(73,74)75)15-27-26(46(43)64)6-8-34(47(27)88(76,77)78)59-48(65)44(45(58-59)49(66)67)57-55-33-19-37(82-11-9-60)32(18-38(33)83-12-10-61)52-50-28-7-5-25(79-2)14-41(28)86(70,71)72/h5-8,13-20,24,60-65,85H,9-12,21-22H2,1-4H3,(H,66,67)(H,70,71,72)(H,73,74,75)(H,76,77,78)/b52-50+,53-51+,56-54+,57-55+. The summed E-state index contributed by atoms with van der Waals surface area (Å²) in [6.45, 7) is -1.94. The van der Waals surface area contributed by atoms with E-state index in [1.165, 1.54) is 39.3 Å². The number of thiol groups is 1. The lowest BCUT2D eigenvalue weighted by atomic mass is 10.1. The van der Waals surface area contributed by atoms with E-state index < -0.39 is 164 Å². The molecule has 468 valence electrons.